The maximum Gasteiger partial charge on any atom is 0.496 e. The molecule has 0 fully saturated rings. The molecular weight excluding hydrogens is 389 g/mol. The van der Waals surface area contributed by atoms with E-state index >= 15 is 0 Å². The molecule has 0 aromatic carbocycles. The van der Waals surface area contributed by atoms with Gasteiger partial charge in [-0.3, -0.25) is 0 Å². The molecule has 5 heteroatoms. The SMILES string of the molecule is CC(C)(C)CC(C)(C)OB(OC(C)(C)CC(C)(C)C)c1ccc(Br)nc1. The van der Waals surface area contributed by atoms with E-state index in [1.54, 1.807) is 0 Å². The molecule has 0 radical (unpaired) electrons. The van der Waals surface area contributed by atoms with Gasteiger partial charge in [0.05, 0.1) is 0 Å². The zero-order valence-electron chi connectivity index (χ0n) is 18.4. The van der Waals surface area contributed by atoms with Crippen molar-refractivity contribution in [2.45, 2.75) is 93.3 Å². The third-order valence-electron chi connectivity index (χ3n) is 3.79. The molecular formula is C21H37BBrNO2. The van der Waals surface area contributed by atoms with Crippen LogP contribution in [0.2, 0.25) is 0 Å². The van der Waals surface area contributed by atoms with Gasteiger partial charge in [-0.2, -0.15) is 0 Å². The molecule has 0 aliphatic carbocycles. The maximum absolute atomic E-state index is 6.51. The van der Waals surface area contributed by atoms with Crippen molar-refractivity contribution < 1.29 is 9.31 Å². The number of aromatic nitrogens is 1. The molecule has 0 aliphatic rings. The summed E-state index contributed by atoms with van der Waals surface area (Å²) in [5.41, 5.74) is 0.666. The molecule has 1 aromatic heterocycles. The molecule has 1 heterocycles. The molecule has 0 atom stereocenters. The average molecular weight is 426 g/mol. The first kappa shape index (κ1) is 23.7. The summed E-state index contributed by atoms with van der Waals surface area (Å²) in [6.45, 7) is 22.0. The van der Waals surface area contributed by atoms with Gasteiger partial charge in [-0.1, -0.05) is 47.6 Å². The summed E-state index contributed by atoms with van der Waals surface area (Å²) in [7, 11) is -0.453. The highest BCUT2D eigenvalue weighted by molar-refractivity contribution is 9.10. The molecule has 0 saturated heterocycles. The first-order valence-corrected chi connectivity index (χ1v) is 10.2. The van der Waals surface area contributed by atoms with Crippen LogP contribution >= 0.6 is 15.9 Å². The van der Waals surface area contributed by atoms with Crippen LogP contribution in [0.1, 0.15) is 82.1 Å². The quantitative estimate of drug-likeness (QED) is 0.396. The van der Waals surface area contributed by atoms with Gasteiger partial charge in [-0.05, 0) is 73.4 Å². The predicted octanol–water partition coefficient (Wildman–Crippen LogP) is 6.00. The van der Waals surface area contributed by atoms with E-state index in [2.05, 4.69) is 90.2 Å². The Morgan fingerprint density at radius 1 is 0.808 bits per heavy atom. The lowest BCUT2D eigenvalue weighted by atomic mass is 9.74. The summed E-state index contributed by atoms with van der Waals surface area (Å²) in [6.07, 6.45) is 3.70. The monoisotopic (exact) mass is 425 g/mol. The van der Waals surface area contributed by atoms with Gasteiger partial charge >= 0.3 is 7.12 Å². The minimum atomic E-state index is -0.453. The number of rotatable bonds is 7. The zero-order valence-corrected chi connectivity index (χ0v) is 20.0. The van der Waals surface area contributed by atoms with Crippen LogP contribution in [0.15, 0.2) is 22.9 Å². The fourth-order valence-electron chi connectivity index (χ4n) is 3.90. The van der Waals surface area contributed by atoms with E-state index in [4.69, 9.17) is 9.31 Å². The van der Waals surface area contributed by atoms with E-state index < -0.39 is 7.12 Å². The molecule has 1 rings (SSSR count). The van der Waals surface area contributed by atoms with E-state index in [0.717, 1.165) is 22.9 Å². The Bertz CT molecular complexity index is 541. The van der Waals surface area contributed by atoms with Gasteiger partial charge < -0.3 is 9.31 Å². The molecule has 0 N–H and O–H groups in total. The molecule has 0 aliphatic heterocycles. The predicted molar refractivity (Wildman–Crippen MR) is 116 cm³/mol. The molecule has 0 spiro atoms. The highest BCUT2D eigenvalue weighted by Gasteiger charge is 2.38. The fraction of sp³-hybridized carbons (Fsp3) is 0.762. The van der Waals surface area contributed by atoms with Crippen molar-refractivity contribution >= 4 is 28.5 Å². The van der Waals surface area contributed by atoms with E-state index in [9.17, 15) is 0 Å². The van der Waals surface area contributed by atoms with Crippen molar-refractivity contribution in [1.82, 2.24) is 4.98 Å². The second-order valence-corrected chi connectivity index (χ2v) is 11.8. The maximum atomic E-state index is 6.51. The highest BCUT2D eigenvalue weighted by atomic mass is 79.9. The smallest absolute Gasteiger partial charge is 0.402 e. The molecule has 0 amide bonds. The van der Waals surface area contributed by atoms with Gasteiger partial charge in [0.15, 0.2) is 0 Å². The summed E-state index contributed by atoms with van der Waals surface area (Å²) in [4.78, 5) is 4.37. The molecule has 1 aromatic rings. The third-order valence-corrected chi connectivity index (χ3v) is 4.26. The minimum Gasteiger partial charge on any atom is -0.402 e. The van der Waals surface area contributed by atoms with Gasteiger partial charge in [-0.15, -0.1) is 0 Å². The largest absolute Gasteiger partial charge is 0.496 e. The standard InChI is InChI=1S/C21H37BBrNO2/c1-18(2,3)14-20(7,8)25-22(16-11-12-17(23)24-13-16)26-21(9,10)15-19(4,5)6/h11-13H,14-15H2,1-10H3. The van der Waals surface area contributed by atoms with Crippen LogP contribution in [-0.2, 0) is 9.31 Å². The van der Waals surface area contributed by atoms with E-state index in [-0.39, 0.29) is 22.0 Å². The number of halogens is 1. The van der Waals surface area contributed by atoms with Crippen molar-refractivity contribution in [2.24, 2.45) is 10.8 Å². The Morgan fingerprint density at radius 2 is 1.23 bits per heavy atom. The van der Waals surface area contributed by atoms with Crippen LogP contribution < -0.4 is 5.46 Å². The molecule has 0 bridgehead atoms. The number of pyridine rings is 1. The van der Waals surface area contributed by atoms with Gasteiger partial charge in [0.1, 0.15) is 4.60 Å². The van der Waals surface area contributed by atoms with Gasteiger partial charge in [0.25, 0.3) is 0 Å². The average Bonchev–Trinajstić information content (AvgIpc) is 2.31. The Balaban J connectivity index is 3.08. The second-order valence-electron chi connectivity index (χ2n) is 11.0. The number of hydrogen-bond donors (Lipinski definition) is 0. The summed E-state index contributed by atoms with van der Waals surface area (Å²) >= 11 is 3.40. The molecule has 148 valence electrons. The normalized spacial score (nSPS) is 13.8. The van der Waals surface area contributed by atoms with Crippen LogP contribution in [0.3, 0.4) is 0 Å². The Kier molecular flexibility index (Phi) is 7.57. The van der Waals surface area contributed by atoms with Crippen molar-refractivity contribution in [3.05, 3.63) is 22.9 Å². The second kappa shape index (κ2) is 8.32. The number of hydrogen-bond acceptors (Lipinski definition) is 3. The summed E-state index contributed by atoms with van der Waals surface area (Å²) < 4.78 is 13.8. The molecule has 0 saturated carbocycles. The third kappa shape index (κ3) is 9.52. The summed E-state index contributed by atoms with van der Waals surface area (Å²) in [5.74, 6) is 0. The molecule has 26 heavy (non-hydrogen) atoms. The Morgan fingerprint density at radius 3 is 1.54 bits per heavy atom. The number of nitrogens with zero attached hydrogens (tertiary/aromatic N) is 1. The first-order valence-electron chi connectivity index (χ1n) is 9.45. The lowest BCUT2D eigenvalue weighted by Crippen LogP contribution is -2.50. The van der Waals surface area contributed by atoms with Crippen molar-refractivity contribution in [1.29, 1.82) is 0 Å². The van der Waals surface area contributed by atoms with E-state index in [0.29, 0.717) is 0 Å². The fourth-order valence-corrected chi connectivity index (χ4v) is 4.14. The summed E-state index contributed by atoms with van der Waals surface area (Å²) in [5, 5.41) is 0. The molecule has 0 unspecified atom stereocenters. The lowest BCUT2D eigenvalue weighted by molar-refractivity contribution is -0.00960. The Labute approximate surface area is 169 Å². The topological polar surface area (TPSA) is 31.4 Å². The van der Waals surface area contributed by atoms with Gasteiger partial charge in [0, 0.05) is 22.9 Å². The van der Waals surface area contributed by atoms with Crippen LogP contribution in [0, 0.1) is 10.8 Å². The van der Waals surface area contributed by atoms with E-state index in [1.165, 1.54) is 0 Å². The van der Waals surface area contributed by atoms with Crippen LogP contribution in [0.5, 0.6) is 0 Å². The van der Waals surface area contributed by atoms with Crippen molar-refractivity contribution in [3.63, 3.8) is 0 Å². The van der Waals surface area contributed by atoms with Crippen LogP contribution in [0.4, 0.5) is 0 Å². The van der Waals surface area contributed by atoms with Crippen LogP contribution in [0.25, 0.3) is 0 Å². The first-order chi connectivity index (χ1) is 11.5. The highest BCUT2D eigenvalue weighted by Crippen LogP contribution is 2.33. The van der Waals surface area contributed by atoms with Crippen molar-refractivity contribution in [2.75, 3.05) is 0 Å². The lowest BCUT2D eigenvalue weighted by Gasteiger charge is -2.39. The summed E-state index contributed by atoms with van der Waals surface area (Å²) in [6, 6.07) is 3.95. The van der Waals surface area contributed by atoms with E-state index in [1.807, 2.05) is 18.3 Å². The Hall–Kier alpha value is -0.385. The van der Waals surface area contributed by atoms with Crippen LogP contribution in [-0.4, -0.2) is 23.3 Å². The minimum absolute atomic E-state index is 0.174. The zero-order chi connectivity index (χ0) is 20.4. The van der Waals surface area contributed by atoms with Gasteiger partial charge in [0.2, 0.25) is 0 Å². The van der Waals surface area contributed by atoms with Crippen molar-refractivity contribution in [3.8, 4) is 0 Å². The van der Waals surface area contributed by atoms with Gasteiger partial charge in [-0.25, -0.2) is 4.98 Å². The molecule has 3 nitrogen and oxygen atoms in total.